The maximum atomic E-state index is 11.4. The van der Waals surface area contributed by atoms with E-state index in [1.54, 1.807) is 6.92 Å². The molecule has 1 amide bonds. The molecule has 1 atom stereocenters. The maximum absolute atomic E-state index is 11.4. The summed E-state index contributed by atoms with van der Waals surface area (Å²) in [6.45, 7) is 8.28. The van der Waals surface area contributed by atoms with Gasteiger partial charge in [-0.1, -0.05) is 20.8 Å². The van der Waals surface area contributed by atoms with Crippen molar-refractivity contribution in [1.29, 1.82) is 0 Å². The molecule has 3 N–H and O–H groups in total. The first kappa shape index (κ1) is 13.9. The van der Waals surface area contributed by atoms with Gasteiger partial charge in [0.15, 0.2) is 6.04 Å². The highest BCUT2D eigenvalue weighted by Crippen LogP contribution is 2.10. The van der Waals surface area contributed by atoms with Gasteiger partial charge in [-0.05, 0) is 12.3 Å². The van der Waals surface area contributed by atoms with Gasteiger partial charge in [-0.2, -0.15) is 0 Å². The van der Waals surface area contributed by atoms with Gasteiger partial charge < -0.3 is 15.8 Å². The van der Waals surface area contributed by atoms with Crippen molar-refractivity contribution in [3.8, 4) is 0 Å². The van der Waals surface area contributed by atoms with Crippen LogP contribution in [0.25, 0.3) is 0 Å². The van der Waals surface area contributed by atoms with Crippen molar-refractivity contribution in [1.82, 2.24) is 5.32 Å². The van der Waals surface area contributed by atoms with Crippen LogP contribution in [0.1, 0.15) is 27.7 Å². The van der Waals surface area contributed by atoms with Crippen LogP contribution >= 0.6 is 0 Å². The first-order valence-corrected chi connectivity index (χ1v) is 4.98. The van der Waals surface area contributed by atoms with E-state index in [0.717, 1.165) is 0 Å². The van der Waals surface area contributed by atoms with Gasteiger partial charge in [0.1, 0.15) is 0 Å². The Labute approximate surface area is 90.4 Å². The molecule has 0 aromatic heterocycles. The number of nitrogens with two attached hydrogens (primary N) is 1. The monoisotopic (exact) mass is 216 g/mol. The van der Waals surface area contributed by atoms with Crippen molar-refractivity contribution in [3.63, 3.8) is 0 Å². The Bertz CT molecular complexity index is 233. The van der Waals surface area contributed by atoms with Gasteiger partial charge in [-0.25, -0.2) is 4.79 Å². The molecule has 0 fully saturated rings. The predicted octanol–water partition coefficient (Wildman–Crippen LogP) is 0.0391. The van der Waals surface area contributed by atoms with E-state index >= 15 is 0 Å². The fourth-order valence-electron chi connectivity index (χ4n) is 0.801. The standard InChI is InChI=1S/C10H20N2O3/c1-5-15-9(14)7(11)8(13)12-6-10(2,3)4/h7H,5-6,11H2,1-4H3,(H,12,13). The zero-order valence-corrected chi connectivity index (χ0v) is 9.79. The Balaban J connectivity index is 4.05. The van der Waals surface area contributed by atoms with E-state index in [2.05, 4.69) is 10.1 Å². The lowest BCUT2D eigenvalue weighted by Crippen LogP contribution is -2.48. The van der Waals surface area contributed by atoms with Gasteiger partial charge >= 0.3 is 5.97 Å². The highest BCUT2D eigenvalue weighted by atomic mass is 16.5. The number of hydrogen-bond acceptors (Lipinski definition) is 4. The van der Waals surface area contributed by atoms with Crippen LogP contribution in [0.15, 0.2) is 0 Å². The molecule has 0 radical (unpaired) electrons. The Morgan fingerprint density at radius 1 is 1.40 bits per heavy atom. The van der Waals surface area contributed by atoms with Crippen LogP contribution < -0.4 is 11.1 Å². The highest BCUT2D eigenvalue weighted by Gasteiger charge is 2.24. The molecule has 0 aliphatic rings. The van der Waals surface area contributed by atoms with Crippen molar-refractivity contribution in [2.24, 2.45) is 11.1 Å². The first-order valence-electron chi connectivity index (χ1n) is 4.98. The van der Waals surface area contributed by atoms with Crippen molar-refractivity contribution < 1.29 is 14.3 Å². The summed E-state index contributed by atoms with van der Waals surface area (Å²) in [4.78, 5) is 22.5. The van der Waals surface area contributed by atoms with Crippen LogP contribution in [0.4, 0.5) is 0 Å². The van der Waals surface area contributed by atoms with E-state index in [0.29, 0.717) is 6.54 Å². The molecular formula is C10H20N2O3. The first-order chi connectivity index (χ1) is 6.78. The fraction of sp³-hybridized carbons (Fsp3) is 0.800. The third kappa shape index (κ3) is 6.06. The molecule has 0 spiro atoms. The van der Waals surface area contributed by atoms with Gasteiger partial charge in [-0.15, -0.1) is 0 Å². The average molecular weight is 216 g/mol. The van der Waals surface area contributed by atoms with E-state index in [9.17, 15) is 9.59 Å². The summed E-state index contributed by atoms with van der Waals surface area (Å²) in [7, 11) is 0. The van der Waals surface area contributed by atoms with E-state index < -0.39 is 17.9 Å². The number of carbonyl (C=O) groups is 2. The molecule has 88 valence electrons. The van der Waals surface area contributed by atoms with Crippen LogP contribution in [0, 0.1) is 5.41 Å². The van der Waals surface area contributed by atoms with Gasteiger partial charge in [-0.3, -0.25) is 4.79 Å². The summed E-state index contributed by atoms with van der Waals surface area (Å²) in [5.74, 6) is -1.19. The van der Waals surface area contributed by atoms with Crippen LogP contribution in [0.3, 0.4) is 0 Å². The van der Waals surface area contributed by atoms with Crippen molar-refractivity contribution in [2.45, 2.75) is 33.7 Å². The van der Waals surface area contributed by atoms with E-state index in [1.165, 1.54) is 0 Å². The lowest BCUT2D eigenvalue weighted by Gasteiger charge is -2.20. The summed E-state index contributed by atoms with van der Waals surface area (Å²) in [6.07, 6.45) is 0. The Morgan fingerprint density at radius 2 is 1.93 bits per heavy atom. The van der Waals surface area contributed by atoms with Crippen LogP contribution in [-0.2, 0) is 14.3 Å². The number of carbonyl (C=O) groups excluding carboxylic acids is 2. The quantitative estimate of drug-likeness (QED) is 0.513. The Morgan fingerprint density at radius 3 is 2.33 bits per heavy atom. The average Bonchev–Trinajstić information content (AvgIpc) is 2.12. The molecule has 0 aromatic carbocycles. The molecule has 5 nitrogen and oxygen atoms in total. The minimum absolute atomic E-state index is 0.0377. The number of nitrogens with one attached hydrogen (secondary N) is 1. The van der Waals surface area contributed by atoms with Gasteiger partial charge in [0.05, 0.1) is 6.61 Å². The zero-order chi connectivity index (χ0) is 12.1. The SMILES string of the molecule is CCOC(=O)C(N)C(=O)NCC(C)(C)C. The molecule has 0 aliphatic heterocycles. The molecule has 5 heteroatoms. The van der Waals surface area contributed by atoms with Crippen LogP contribution in [0.2, 0.25) is 0 Å². The summed E-state index contributed by atoms with van der Waals surface area (Å²) in [6, 6.07) is -1.23. The molecule has 1 unspecified atom stereocenters. The fourth-order valence-corrected chi connectivity index (χ4v) is 0.801. The molecule has 0 aliphatic carbocycles. The number of rotatable bonds is 4. The van der Waals surface area contributed by atoms with E-state index in [-0.39, 0.29) is 12.0 Å². The molecule has 0 saturated carbocycles. The van der Waals surface area contributed by atoms with Gasteiger partial charge in [0.2, 0.25) is 5.91 Å². The number of ether oxygens (including phenoxy) is 1. The van der Waals surface area contributed by atoms with Crippen LogP contribution in [-0.4, -0.2) is 31.1 Å². The second-order valence-electron chi connectivity index (χ2n) is 4.51. The number of amides is 1. The molecule has 0 aromatic rings. The van der Waals surface area contributed by atoms with Gasteiger partial charge in [0.25, 0.3) is 0 Å². The largest absolute Gasteiger partial charge is 0.464 e. The number of esters is 1. The molecule has 15 heavy (non-hydrogen) atoms. The summed E-state index contributed by atoms with van der Waals surface area (Å²) in [5.41, 5.74) is 5.35. The minimum atomic E-state index is -1.23. The second-order valence-corrected chi connectivity index (χ2v) is 4.51. The third-order valence-corrected chi connectivity index (χ3v) is 1.62. The molecule has 0 bridgehead atoms. The zero-order valence-electron chi connectivity index (χ0n) is 9.79. The van der Waals surface area contributed by atoms with E-state index in [1.807, 2.05) is 20.8 Å². The van der Waals surface area contributed by atoms with E-state index in [4.69, 9.17) is 5.73 Å². The summed E-state index contributed by atoms with van der Waals surface area (Å²) < 4.78 is 4.63. The highest BCUT2D eigenvalue weighted by molar-refractivity contribution is 6.01. The van der Waals surface area contributed by atoms with Crippen LogP contribution in [0.5, 0.6) is 0 Å². The molecular weight excluding hydrogens is 196 g/mol. The van der Waals surface area contributed by atoms with Gasteiger partial charge in [0, 0.05) is 6.54 Å². The van der Waals surface area contributed by atoms with Crippen molar-refractivity contribution in [3.05, 3.63) is 0 Å². The second kappa shape index (κ2) is 5.70. The summed E-state index contributed by atoms with van der Waals surface area (Å²) in [5, 5.41) is 2.60. The smallest absolute Gasteiger partial charge is 0.332 e. The molecule has 0 rings (SSSR count). The number of hydrogen-bond donors (Lipinski definition) is 2. The normalized spacial score (nSPS) is 13.1. The lowest BCUT2D eigenvalue weighted by molar-refractivity contribution is -0.148. The topological polar surface area (TPSA) is 81.4 Å². The maximum Gasteiger partial charge on any atom is 0.332 e. The minimum Gasteiger partial charge on any atom is -0.464 e. The Hall–Kier alpha value is -1.10. The van der Waals surface area contributed by atoms with Crippen molar-refractivity contribution >= 4 is 11.9 Å². The third-order valence-electron chi connectivity index (χ3n) is 1.62. The molecule has 0 saturated heterocycles. The van der Waals surface area contributed by atoms with Crippen molar-refractivity contribution in [2.75, 3.05) is 13.2 Å². The predicted molar refractivity (Wildman–Crippen MR) is 57.1 cm³/mol. The summed E-state index contributed by atoms with van der Waals surface area (Å²) >= 11 is 0. The molecule has 0 heterocycles. The Kier molecular flexibility index (Phi) is 5.28. The lowest BCUT2D eigenvalue weighted by atomic mass is 9.97.